The quantitative estimate of drug-likeness (QED) is 0.428. The van der Waals surface area contributed by atoms with Crippen LogP contribution >= 0.6 is 0 Å². The number of hydrogen-bond acceptors (Lipinski definition) is 3. The van der Waals surface area contributed by atoms with Crippen LogP contribution in [0, 0.1) is 17.6 Å². The molecule has 25 heavy (non-hydrogen) atoms. The summed E-state index contributed by atoms with van der Waals surface area (Å²) >= 11 is 0. The summed E-state index contributed by atoms with van der Waals surface area (Å²) in [7, 11) is 1.69. The first kappa shape index (κ1) is 19.4. The number of nitrogens with zero attached hydrogens (tertiary/aromatic N) is 2. The molecule has 0 spiro atoms. The molecule has 1 aliphatic rings. The van der Waals surface area contributed by atoms with E-state index in [4.69, 9.17) is 4.74 Å². The van der Waals surface area contributed by atoms with Crippen LogP contribution in [-0.4, -0.2) is 52.4 Å². The van der Waals surface area contributed by atoms with E-state index in [1.807, 2.05) is 6.92 Å². The van der Waals surface area contributed by atoms with E-state index in [1.165, 1.54) is 12.1 Å². The first-order chi connectivity index (χ1) is 12.1. The molecule has 2 rings (SSSR count). The number of rotatable bonds is 8. The van der Waals surface area contributed by atoms with Gasteiger partial charge >= 0.3 is 0 Å². The van der Waals surface area contributed by atoms with Gasteiger partial charge in [0, 0.05) is 58.2 Å². The van der Waals surface area contributed by atoms with Crippen molar-refractivity contribution in [3.63, 3.8) is 0 Å². The van der Waals surface area contributed by atoms with Gasteiger partial charge in [-0.3, -0.25) is 4.99 Å². The number of halogens is 2. The standard InChI is InChI=1S/C18H28F2N4O/c1-3-21-18(22-8-4-10-25-2)23-12-14-7-9-24(13-14)15-5-6-16(19)17(20)11-15/h5-6,11,14H,3-4,7-10,12-13H2,1-2H3,(H2,21,22,23). The largest absolute Gasteiger partial charge is 0.385 e. The molecule has 1 unspecified atom stereocenters. The van der Waals surface area contributed by atoms with Crippen LogP contribution in [0.15, 0.2) is 23.2 Å². The Morgan fingerprint density at radius 1 is 1.32 bits per heavy atom. The maximum Gasteiger partial charge on any atom is 0.191 e. The van der Waals surface area contributed by atoms with Gasteiger partial charge in [0.15, 0.2) is 17.6 Å². The molecule has 0 radical (unpaired) electrons. The van der Waals surface area contributed by atoms with Gasteiger partial charge in [-0.2, -0.15) is 0 Å². The fourth-order valence-electron chi connectivity index (χ4n) is 2.88. The molecule has 7 heteroatoms. The monoisotopic (exact) mass is 354 g/mol. The predicted molar refractivity (Wildman–Crippen MR) is 97.2 cm³/mol. The molecule has 2 N–H and O–H groups in total. The van der Waals surface area contributed by atoms with E-state index in [2.05, 4.69) is 20.5 Å². The third-order valence-corrected chi connectivity index (χ3v) is 4.22. The fourth-order valence-corrected chi connectivity index (χ4v) is 2.88. The molecule has 0 aliphatic carbocycles. The molecule has 1 aliphatic heterocycles. The minimum absolute atomic E-state index is 0.405. The molecule has 5 nitrogen and oxygen atoms in total. The van der Waals surface area contributed by atoms with E-state index in [0.29, 0.717) is 12.5 Å². The zero-order valence-corrected chi connectivity index (χ0v) is 15.0. The van der Waals surface area contributed by atoms with Gasteiger partial charge in [-0.05, 0) is 37.8 Å². The first-order valence-electron chi connectivity index (χ1n) is 8.85. The topological polar surface area (TPSA) is 48.9 Å². The van der Waals surface area contributed by atoms with Gasteiger partial charge in [0.25, 0.3) is 0 Å². The van der Waals surface area contributed by atoms with Crippen molar-refractivity contribution in [3.8, 4) is 0 Å². The van der Waals surface area contributed by atoms with Crippen LogP contribution in [0.2, 0.25) is 0 Å². The molecule has 1 fully saturated rings. The summed E-state index contributed by atoms with van der Waals surface area (Å²) in [6.07, 6.45) is 1.92. The average molecular weight is 354 g/mol. The van der Waals surface area contributed by atoms with Gasteiger partial charge < -0.3 is 20.3 Å². The van der Waals surface area contributed by atoms with Crippen molar-refractivity contribution in [2.24, 2.45) is 10.9 Å². The summed E-state index contributed by atoms with van der Waals surface area (Å²) in [6.45, 7) is 6.72. The molecule has 1 aromatic carbocycles. The Morgan fingerprint density at radius 2 is 2.16 bits per heavy atom. The van der Waals surface area contributed by atoms with Crippen LogP contribution in [0.1, 0.15) is 19.8 Å². The summed E-state index contributed by atoms with van der Waals surface area (Å²) in [6, 6.07) is 4.08. The van der Waals surface area contributed by atoms with Crippen molar-refractivity contribution in [2.45, 2.75) is 19.8 Å². The second kappa shape index (κ2) is 10.2. The average Bonchev–Trinajstić information content (AvgIpc) is 3.08. The number of benzene rings is 1. The lowest BCUT2D eigenvalue weighted by molar-refractivity contribution is 0.195. The Morgan fingerprint density at radius 3 is 2.88 bits per heavy atom. The lowest BCUT2D eigenvalue weighted by Gasteiger charge is -2.18. The number of nitrogens with one attached hydrogen (secondary N) is 2. The lowest BCUT2D eigenvalue weighted by Crippen LogP contribution is -2.38. The number of ether oxygens (including phenoxy) is 1. The predicted octanol–water partition coefficient (Wildman–Crippen LogP) is 2.38. The third-order valence-electron chi connectivity index (χ3n) is 4.22. The molecule has 140 valence electrons. The van der Waals surface area contributed by atoms with Crippen LogP contribution in [0.25, 0.3) is 0 Å². The molecule has 0 aromatic heterocycles. The van der Waals surface area contributed by atoms with Crippen molar-refractivity contribution in [1.29, 1.82) is 0 Å². The van der Waals surface area contributed by atoms with Gasteiger partial charge in [0.05, 0.1) is 0 Å². The lowest BCUT2D eigenvalue weighted by atomic mass is 10.1. The van der Waals surface area contributed by atoms with E-state index < -0.39 is 11.6 Å². The van der Waals surface area contributed by atoms with Crippen LogP contribution in [0.5, 0.6) is 0 Å². The maximum atomic E-state index is 13.4. The smallest absolute Gasteiger partial charge is 0.191 e. The van der Waals surface area contributed by atoms with Crippen LogP contribution in [-0.2, 0) is 4.74 Å². The second-order valence-electron chi connectivity index (χ2n) is 6.19. The van der Waals surface area contributed by atoms with E-state index in [0.717, 1.165) is 57.3 Å². The Labute approximate surface area is 148 Å². The summed E-state index contributed by atoms with van der Waals surface area (Å²) < 4.78 is 31.5. The minimum Gasteiger partial charge on any atom is -0.385 e. The molecule has 0 saturated carbocycles. The molecule has 1 saturated heterocycles. The number of methoxy groups -OCH3 is 1. The number of anilines is 1. The van der Waals surface area contributed by atoms with Gasteiger partial charge in [-0.15, -0.1) is 0 Å². The Hall–Kier alpha value is -1.89. The van der Waals surface area contributed by atoms with E-state index in [-0.39, 0.29) is 0 Å². The van der Waals surface area contributed by atoms with Gasteiger partial charge in [-0.25, -0.2) is 8.78 Å². The van der Waals surface area contributed by atoms with Crippen LogP contribution in [0.4, 0.5) is 14.5 Å². The molecule has 1 atom stereocenters. The highest BCUT2D eigenvalue weighted by molar-refractivity contribution is 5.79. The first-order valence-corrected chi connectivity index (χ1v) is 8.85. The van der Waals surface area contributed by atoms with E-state index in [9.17, 15) is 8.78 Å². The van der Waals surface area contributed by atoms with Gasteiger partial charge in [-0.1, -0.05) is 0 Å². The van der Waals surface area contributed by atoms with Gasteiger partial charge in [0.1, 0.15) is 0 Å². The molecule has 1 heterocycles. The van der Waals surface area contributed by atoms with E-state index in [1.54, 1.807) is 13.2 Å². The number of hydrogen-bond donors (Lipinski definition) is 2. The normalized spacial score (nSPS) is 17.8. The fraction of sp³-hybridized carbons (Fsp3) is 0.611. The highest BCUT2D eigenvalue weighted by Gasteiger charge is 2.23. The molecule has 1 aromatic rings. The molecular formula is C18H28F2N4O. The summed E-state index contributed by atoms with van der Waals surface area (Å²) in [4.78, 5) is 6.73. The molecular weight excluding hydrogens is 326 g/mol. The summed E-state index contributed by atoms with van der Waals surface area (Å²) in [5.41, 5.74) is 0.731. The van der Waals surface area contributed by atoms with Crippen molar-refractivity contribution < 1.29 is 13.5 Å². The Balaban J connectivity index is 1.84. The SMILES string of the molecule is CCNC(=NCC1CCN(c2ccc(F)c(F)c2)C1)NCCCOC. The third kappa shape index (κ3) is 6.16. The number of guanidine groups is 1. The zero-order valence-electron chi connectivity index (χ0n) is 15.0. The highest BCUT2D eigenvalue weighted by atomic mass is 19.2. The minimum atomic E-state index is -0.807. The van der Waals surface area contributed by atoms with Crippen LogP contribution in [0.3, 0.4) is 0 Å². The van der Waals surface area contributed by atoms with Crippen molar-refractivity contribution in [2.75, 3.05) is 51.3 Å². The summed E-state index contributed by atoms with van der Waals surface area (Å²) in [5.74, 6) is -0.389. The second-order valence-corrected chi connectivity index (χ2v) is 6.19. The molecule has 0 amide bonds. The van der Waals surface area contributed by atoms with Gasteiger partial charge in [0.2, 0.25) is 0 Å². The maximum absolute atomic E-state index is 13.4. The van der Waals surface area contributed by atoms with Crippen molar-refractivity contribution in [3.05, 3.63) is 29.8 Å². The summed E-state index contributed by atoms with van der Waals surface area (Å²) in [5, 5.41) is 6.52. The van der Waals surface area contributed by atoms with Crippen molar-refractivity contribution >= 4 is 11.6 Å². The van der Waals surface area contributed by atoms with E-state index >= 15 is 0 Å². The van der Waals surface area contributed by atoms with Crippen LogP contribution < -0.4 is 15.5 Å². The van der Waals surface area contributed by atoms with Crippen molar-refractivity contribution in [1.82, 2.24) is 10.6 Å². The Bertz CT molecular complexity index is 568. The molecule has 0 bridgehead atoms. The number of aliphatic imine (C=N–C) groups is 1. The highest BCUT2D eigenvalue weighted by Crippen LogP contribution is 2.25. The Kier molecular flexibility index (Phi) is 7.91. The zero-order chi connectivity index (χ0) is 18.1.